The summed E-state index contributed by atoms with van der Waals surface area (Å²) in [5.74, 6) is 1.48. The van der Waals surface area contributed by atoms with Gasteiger partial charge in [-0.2, -0.15) is 11.8 Å². The van der Waals surface area contributed by atoms with E-state index in [4.69, 9.17) is 20.4 Å². The number of aliphatic hydroxyl groups excluding tert-OH is 4. The van der Waals surface area contributed by atoms with Gasteiger partial charge in [0.25, 0.3) is 0 Å². The number of aryl methyl sites for hydroxylation is 1. The maximum atomic E-state index is 9.15. The fourth-order valence-electron chi connectivity index (χ4n) is 1.37. The van der Waals surface area contributed by atoms with Crippen LogP contribution in [0.15, 0.2) is 24.3 Å². The molecule has 0 bridgehead atoms. The zero-order valence-corrected chi connectivity index (χ0v) is 13.7. The topological polar surface area (TPSA) is 80.9 Å². The normalized spacial score (nSPS) is 13.2. The summed E-state index contributed by atoms with van der Waals surface area (Å²) in [7, 11) is 0. The zero-order chi connectivity index (χ0) is 16.1. The average molecular weight is 316 g/mol. The van der Waals surface area contributed by atoms with E-state index in [0.29, 0.717) is 12.2 Å². The molecule has 1 rings (SSSR count). The number of hydrogen-bond donors (Lipinski definition) is 4. The summed E-state index contributed by atoms with van der Waals surface area (Å²) >= 11 is 1.64. The van der Waals surface area contributed by atoms with E-state index >= 15 is 0 Å². The number of thioether (sulfide) groups is 1. The van der Waals surface area contributed by atoms with Gasteiger partial charge in [0.1, 0.15) is 0 Å². The van der Waals surface area contributed by atoms with E-state index in [0.717, 1.165) is 12.2 Å². The van der Waals surface area contributed by atoms with Crippen LogP contribution in [0.2, 0.25) is 0 Å². The van der Waals surface area contributed by atoms with E-state index in [-0.39, 0.29) is 13.2 Å². The van der Waals surface area contributed by atoms with Crippen molar-refractivity contribution in [2.45, 2.75) is 44.6 Å². The average Bonchev–Trinajstić information content (AvgIpc) is 2.55. The van der Waals surface area contributed by atoms with Crippen LogP contribution in [-0.2, 0) is 12.2 Å². The molecule has 1 aromatic carbocycles. The Morgan fingerprint density at radius 1 is 0.905 bits per heavy atom. The van der Waals surface area contributed by atoms with Crippen LogP contribution in [0.5, 0.6) is 0 Å². The van der Waals surface area contributed by atoms with Crippen molar-refractivity contribution in [1.82, 2.24) is 0 Å². The molecule has 4 nitrogen and oxygen atoms in total. The van der Waals surface area contributed by atoms with Crippen LogP contribution in [0.3, 0.4) is 0 Å². The molecule has 0 spiro atoms. The lowest BCUT2D eigenvalue weighted by atomic mass is 10.1. The maximum Gasteiger partial charge on any atom is 0.0861 e. The second-order valence-corrected chi connectivity index (χ2v) is 5.80. The molecular weight excluding hydrogens is 288 g/mol. The van der Waals surface area contributed by atoms with Crippen molar-refractivity contribution in [3.05, 3.63) is 35.4 Å². The summed E-state index contributed by atoms with van der Waals surface area (Å²) in [4.78, 5) is 0. The predicted octanol–water partition coefficient (Wildman–Crippen LogP) is 1.58. The molecule has 0 saturated heterocycles. The van der Waals surface area contributed by atoms with Gasteiger partial charge in [-0.05, 0) is 24.0 Å². The van der Waals surface area contributed by atoms with Gasteiger partial charge in [0.2, 0.25) is 0 Å². The molecule has 122 valence electrons. The van der Waals surface area contributed by atoms with Crippen LogP contribution in [0.25, 0.3) is 0 Å². The van der Waals surface area contributed by atoms with Gasteiger partial charge in [0.15, 0.2) is 0 Å². The predicted molar refractivity (Wildman–Crippen MR) is 88.5 cm³/mol. The minimum atomic E-state index is -0.593. The van der Waals surface area contributed by atoms with E-state index in [1.165, 1.54) is 11.1 Å². The summed E-state index contributed by atoms with van der Waals surface area (Å²) in [6.45, 7) is 3.69. The molecule has 4 N–H and O–H groups in total. The second kappa shape index (κ2) is 13.1. The summed E-state index contributed by atoms with van der Waals surface area (Å²) in [5.41, 5.74) is 2.61. The Kier molecular flexibility index (Phi) is 12.7. The quantitative estimate of drug-likeness (QED) is 0.585. The molecule has 5 heteroatoms. The van der Waals surface area contributed by atoms with Gasteiger partial charge in [0, 0.05) is 11.5 Å². The van der Waals surface area contributed by atoms with Crippen molar-refractivity contribution in [2.24, 2.45) is 0 Å². The highest BCUT2D eigenvalue weighted by Gasteiger charge is 2.01. The molecule has 1 aromatic rings. The van der Waals surface area contributed by atoms with Gasteiger partial charge in [-0.1, -0.05) is 38.1 Å². The van der Waals surface area contributed by atoms with Crippen LogP contribution in [0, 0.1) is 0 Å². The molecular formula is C16H28O4S. The summed E-state index contributed by atoms with van der Waals surface area (Å²) in [6, 6.07) is 8.52. The first-order valence-corrected chi connectivity index (χ1v) is 8.46. The molecule has 0 aliphatic rings. The molecule has 0 heterocycles. The molecule has 2 unspecified atom stereocenters. The Labute approximate surface area is 131 Å². The second-order valence-electron chi connectivity index (χ2n) is 4.77. The van der Waals surface area contributed by atoms with Crippen LogP contribution in [0.4, 0.5) is 0 Å². The fourth-order valence-corrected chi connectivity index (χ4v) is 2.29. The highest BCUT2D eigenvalue weighted by atomic mass is 32.2. The molecule has 21 heavy (non-hydrogen) atoms. The molecule has 2 atom stereocenters. The van der Waals surface area contributed by atoms with Crippen LogP contribution >= 0.6 is 11.8 Å². The Morgan fingerprint density at radius 2 is 1.43 bits per heavy atom. The minimum Gasteiger partial charge on any atom is -0.394 e. The molecule has 0 aliphatic heterocycles. The Morgan fingerprint density at radius 3 is 1.81 bits per heavy atom. The summed E-state index contributed by atoms with van der Waals surface area (Å²) in [6.07, 6.45) is 0.600. The van der Waals surface area contributed by atoms with Crippen LogP contribution in [0.1, 0.15) is 31.4 Å². The Balaban J connectivity index is 0.000000567. The Hall–Kier alpha value is -0.590. The molecule has 0 fully saturated rings. The van der Waals surface area contributed by atoms with Gasteiger partial charge < -0.3 is 20.4 Å². The van der Waals surface area contributed by atoms with Crippen molar-refractivity contribution in [2.75, 3.05) is 19.0 Å². The van der Waals surface area contributed by atoms with E-state index < -0.39 is 12.2 Å². The minimum absolute atomic E-state index is 0.115. The van der Waals surface area contributed by atoms with Gasteiger partial charge in [-0.3, -0.25) is 0 Å². The van der Waals surface area contributed by atoms with E-state index in [2.05, 4.69) is 31.2 Å². The molecule has 0 saturated carbocycles. The Bertz CT molecular complexity index is 339. The van der Waals surface area contributed by atoms with Crippen molar-refractivity contribution in [3.63, 3.8) is 0 Å². The van der Waals surface area contributed by atoms with Crippen LogP contribution in [-0.4, -0.2) is 51.6 Å². The van der Waals surface area contributed by atoms with Crippen LogP contribution < -0.4 is 0 Å². The first-order chi connectivity index (χ1) is 10.1. The number of rotatable bonds is 8. The highest BCUT2D eigenvalue weighted by molar-refractivity contribution is 7.98. The SMILES string of the molecule is CCC(O)CO.CCc1ccc(CSCC(O)CO)cc1. The van der Waals surface area contributed by atoms with E-state index in [1.807, 2.05) is 6.92 Å². The smallest absolute Gasteiger partial charge is 0.0861 e. The maximum absolute atomic E-state index is 9.15. The van der Waals surface area contributed by atoms with Gasteiger partial charge >= 0.3 is 0 Å². The number of hydrogen-bond acceptors (Lipinski definition) is 5. The summed E-state index contributed by atoms with van der Waals surface area (Å²) in [5, 5.41) is 34.3. The highest BCUT2D eigenvalue weighted by Crippen LogP contribution is 2.14. The van der Waals surface area contributed by atoms with Gasteiger partial charge in [0.05, 0.1) is 25.4 Å². The molecule has 0 aliphatic carbocycles. The van der Waals surface area contributed by atoms with Crippen molar-refractivity contribution in [1.29, 1.82) is 0 Å². The van der Waals surface area contributed by atoms with Crippen molar-refractivity contribution >= 4 is 11.8 Å². The largest absolute Gasteiger partial charge is 0.394 e. The monoisotopic (exact) mass is 316 g/mol. The molecule has 0 radical (unpaired) electrons. The number of aliphatic hydroxyl groups is 4. The lowest BCUT2D eigenvalue weighted by molar-refractivity contribution is 0.0923. The first-order valence-electron chi connectivity index (χ1n) is 7.30. The first kappa shape index (κ1) is 20.4. The third-order valence-corrected chi connectivity index (χ3v) is 4.06. The van der Waals surface area contributed by atoms with Crippen molar-refractivity contribution < 1.29 is 20.4 Å². The molecule has 0 amide bonds. The van der Waals surface area contributed by atoms with E-state index in [1.54, 1.807) is 11.8 Å². The lowest BCUT2D eigenvalue weighted by Gasteiger charge is -2.06. The van der Waals surface area contributed by atoms with E-state index in [9.17, 15) is 0 Å². The molecule has 0 aromatic heterocycles. The zero-order valence-electron chi connectivity index (χ0n) is 12.9. The number of benzene rings is 1. The third kappa shape index (κ3) is 10.7. The van der Waals surface area contributed by atoms with Gasteiger partial charge in [-0.25, -0.2) is 0 Å². The fraction of sp³-hybridized carbons (Fsp3) is 0.625. The third-order valence-electron chi connectivity index (χ3n) is 2.90. The van der Waals surface area contributed by atoms with Crippen molar-refractivity contribution in [3.8, 4) is 0 Å². The lowest BCUT2D eigenvalue weighted by Crippen LogP contribution is -2.14. The van der Waals surface area contributed by atoms with Gasteiger partial charge in [-0.15, -0.1) is 0 Å². The summed E-state index contributed by atoms with van der Waals surface area (Å²) < 4.78 is 0. The standard InChI is InChI=1S/C12H18O2S.C4H10O2/c1-2-10-3-5-11(6-4-10)8-15-9-12(14)7-13;1-2-4(6)3-5/h3-6,12-14H,2,7-9H2,1H3;4-6H,2-3H2,1H3.